The number of ether oxygens (including phenoxy) is 1. The van der Waals surface area contributed by atoms with E-state index in [2.05, 4.69) is 37.7 Å². The lowest BCUT2D eigenvalue weighted by atomic mass is 10.1. The zero-order valence-electron chi connectivity index (χ0n) is 17.4. The fourth-order valence-electron chi connectivity index (χ4n) is 3.24. The number of hydrogen-bond acceptors (Lipinski definition) is 6. The van der Waals surface area contributed by atoms with E-state index < -0.39 is 0 Å². The molecule has 0 aliphatic rings. The third kappa shape index (κ3) is 4.78. The van der Waals surface area contributed by atoms with Gasteiger partial charge in [0.2, 0.25) is 5.91 Å². The zero-order chi connectivity index (χ0) is 21.6. The first kappa shape index (κ1) is 20.3. The van der Waals surface area contributed by atoms with Crippen LogP contribution in [0.3, 0.4) is 0 Å². The highest BCUT2D eigenvalue weighted by atomic mass is 16.5. The number of fused-ring (bicyclic) bond motifs is 1. The second-order valence-electron chi connectivity index (χ2n) is 7.01. The van der Waals surface area contributed by atoms with Gasteiger partial charge in [-0.2, -0.15) is 0 Å². The van der Waals surface area contributed by atoms with Crippen LogP contribution >= 0.6 is 0 Å². The molecule has 0 aliphatic heterocycles. The molecule has 156 valence electrons. The third-order valence-corrected chi connectivity index (χ3v) is 4.88. The van der Waals surface area contributed by atoms with Crippen molar-refractivity contribution < 1.29 is 9.53 Å². The van der Waals surface area contributed by atoms with Crippen LogP contribution in [0.25, 0.3) is 10.9 Å². The first-order chi connectivity index (χ1) is 15.2. The number of benzene rings is 2. The Morgan fingerprint density at radius 2 is 1.87 bits per heavy atom. The molecule has 7 nitrogen and oxygen atoms in total. The van der Waals surface area contributed by atoms with Gasteiger partial charge in [-0.15, -0.1) is 0 Å². The molecule has 2 aromatic heterocycles. The Hall–Kier alpha value is -4.00. The van der Waals surface area contributed by atoms with Crippen molar-refractivity contribution in [2.24, 2.45) is 0 Å². The second-order valence-corrected chi connectivity index (χ2v) is 7.01. The van der Waals surface area contributed by atoms with E-state index in [9.17, 15) is 4.79 Å². The highest BCUT2D eigenvalue weighted by Crippen LogP contribution is 2.33. The molecule has 2 N–H and O–H groups in total. The Labute approximate surface area is 180 Å². The molecule has 0 saturated carbocycles. The van der Waals surface area contributed by atoms with Crippen molar-refractivity contribution in [1.82, 2.24) is 15.0 Å². The lowest BCUT2D eigenvalue weighted by molar-refractivity contribution is -0.115. The van der Waals surface area contributed by atoms with Gasteiger partial charge in [0.05, 0.1) is 18.3 Å². The van der Waals surface area contributed by atoms with Crippen LogP contribution < -0.4 is 15.4 Å². The van der Waals surface area contributed by atoms with Crippen LogP contribution in [0.4, 0.5) is 17.2 Å². The molecule has 0 fully saturated rings. The van der Waals surface area contributed by atoms with Crippen molar-refractivity contribution >= 4 is 34.0 Å². The van der Waals surface area contributed by atoms with Gasteiger partial charge in [-0.3, -0.25) is 9.78 Å². The molecule has 0 aliphatic carbocycles. The Balaban J connectivity index is 1.60. The summed E-state index contributed by atoms with van der Waals surface area (Å²) in [6.07, 6.45) is 4.46. The van der Waals surface area contributed by atoms with E-state index in [1.165, 1.54) is 11.9 Å². The molecule has 0 saturated heterocycles. The molecule has 2 aromatic carbocycles. The minimum atomic E-state index is -0.0903. The zero-order valence-corrected chi connectivity index (χ0v) is 17.4. The minimum absolute atomic E-state index is 0.0903. The predicted molar refractivity (Wildman–Crippen MR) is 122 cm³/mol. The van der Waals surface area contributed by atoms with Crippen LogP contribution in [0, 0.1) is 0 Å². The van der Waals surface area contributed by atoms with E-state index in [0.717, 1.165) is 28.7 Å². The van der Waals surface area contributed by atoms with Crippen LogP contribution in [0.15, 0.2) is 67.1 Å². The molecule has 0 bridgehead atoms. The Morgan fingerprint density at radius 3 is 2.58 bits per heavy atom. The number of aromatic nitrogens is 3. The van der Waals surface area contributed by atoms with E-state index in [4.69, 9.17) is 4.74 Å². The maximum Gasteiger partial charge on any atom is 0.224 e. The molecule has 0 unspecified atom stereocenters. The molecule has 1 amide bonds. The van der Waals surface area contributed by atoms with Crippen molar-refractivity contribution in [1.29, 1.82) is 0 Å². The number of amides is 1. The largest absolute Gasteiger partial charge is 0.494 e. The van der Waals surface area contributed by atoms with Gasteiger partial charge < -0.3 is 15.4 Å². The molecule has 2 heterocycles. The average Bonchev–Trinajstić information content (AvgIpc) is 2.81. The van der Waals surface area contributed by atoms with Crippen molar-refractivity contribution in [2.75, 3.05) is 17.7 Å². The molecule has 0 atom stereocenters. The molecule has 31 heavy (non-hydrogen) atoms. The van der Waals surface area contributed by atoms with Gasteiger partial charge in [0.25, 0.3) is 0 Å². The van der Waals surface area contributed by atoms with Crippen LogP contribution in [0.5, 0.6) is 5.75 Å². The van der Waals surface area contributed by atoms with Gasteiger partial charge in [-0.05, 0) is 35.9 Å². The summed E-state index contributed by atoms with van der Waals surface area (Å²) >= 11 is 0. The van der Waals surface area contributed by atoms with Crippen molar-refractivity contribution in [3.63, 3.8) is 0 Å². The molecular weight excluding hydrogens is 390 g/mol. The molecule has 7 heteroatoms. The smallest absolute Gasteiger partial charge is 0.224 e. The van der Waals surface area contributed by atoms with Crippen molar-refractivity contribution in [2.45, 2.75) is 19.8 Å². The van der Waals surface area contributed by atoms with E-state index in [1.807, 2.05) is 36.4 Å². The van der Waals surface area contributed by atoms with Gasteiger partial charge >= 0.3 is 0 Å². The highest BCUT2D eigenvalue weighted by molar-refractivity contribution is 5.99. The quantitative estimate of drug-likeness (QED) is 0.456. The Morgan fingerprint density at radius 1 is 1.03 bits per heavy atom. The van der Waals surface area contributed by atoms with Gasteiger partial charge in [0, 0.05) is 41.9 Å². The Bertz CT molecular complexity index is 1190. The predicted octanol–water partition coefficient (Wildman–Crippen LogP) is 4.72. The monoisotopic (exact) mass is 413 g/mol. The Kier molecular flexibility index (Phi) is 6.03. The second kappa shape index (κ2) is 9.21. The lowest BCUT2D eigenvalue weighted by Crippen LogP contribution is -2.10. The number of hydrogen-bond donors (Lipinski definition) is 2. The number of rotatable bonds is 7. The number of carbonyl (C=O) groups excluding carboxylic acids is 1. The summed E-state index contributed by atoms with van der Waals surface area (Å²) in [7, 11) is 1.57. The summed E-state index contributed by atoms with van der Waals surface area (Å²) in [4.78, 5) is 25.0. The summed E-state index contributed by atoms with van der Waals surface area (Å²) in [6, 6.07) is 17.7. The first-order valence-electron chi connectivity index (χ1n) is 10.0. The maximum atomic E-state index is 11.9. The van der Waals surface area contributed by atoms with Crippen LogP contribution in [-0.2, 0) is 11.2 Å². The van der Waals surface area contributed by atoms with Gasteiger partial charge in [-0.25, -0.2) is 9.97 Å². The van der Waals surface area contributed by atoms with E-state index in [1.54, 1.807) is 26.3 Å². The van der Waals surface area contributed by atoms with E-state index in [0.29, 0.717) is 23.7 Å². The third-order valence-electron chi connectivity index (χ3n) is 4.88. The van der Waals surface area contributed by atoms with Crippen molar-refractivity contribution in [3.8, 4) is 5.75 Å². The SMILES string of the molecule is CCC(=O)Nc1cc2c(Nc3ccc(Cc4ccccn4)cc3)ncnc2cc1OC. The first-order valence-corrected chi connectivity index (χ1v) is 10.0. The summed E-state index contributed by atoms with van der Waals surface area (Å²) in [6.45, 7) is 1.80. The topological polar surface area (TPSA) is 89.0 Å². The van der Waals surface area contributed by atoms with Gasteiger partial charge in [-0.1, -0.05) is 25.1 Å². The number of methoxy groups -OCH3 is 1. The van der Waals surface area contributed by atoms with Crippen LogP contribution in [0.2, 0.25) is 0 Å². The normalized spacial score (nSPS) is 10.6. The summed E-state index contributed by atoms with van der Waals surface area (Å²) in [5.41, 5.74) is 4.41. The summed E-state index contributed by atoms with van der Waals surface area (Å²) < 4.78 is 5.42. The lowest BCUT2D eigenvalue weighted by Gasteiger charge is -2.13. The van der Waals surface area contributed by atoms with Crippen LogP contribution in [-0.4, -0.2) is 28.0 Å². The van der Waals surface area contributed by atoms with E-state index >= 15 is 0 Å². The summed E-state index contributed by atoms with van der Waals surface area (Å²) in [5.74, 6) is 1.11. The number of carbonyl (C=O) groups is 1. The molecular formula is C24H23N5O2. The minimum Gasteiger partial charge on any atom is -0.494 e. The standard InChI is InChI=1S/C24H23N5O2/c1-3-23(30)29-21-13-19-20(14-22(21)31-2)26-15-27-24(19)28-17-9-7-16(8-10-17)12-18-6-4-5-11-25-18/h4-11,13-15H,3,12H2,1-2H3,(H,29,30)(H,26,27,28). The van der Waals surface area contributed by atoms with Gasteiger partial charge in [0.15, 0.2) is 0 Å². The number of pyridine rings is 1. The van der Waals surface area contributed by atoms with Crippen LogP contribution in [0.1, 0.15) is 24.6 Å². The molecule has 0 spiro atoms. The molecule has 4 aromatic rings. The molecule has 4 rings (SSSR count). The van der Waals surface area contributed by atoms with Gasteiger partial charge in [0.1, 0.15) is 17.9 Å². The van der Waals surface area contributed by atoms with Crippen molar-refractivity contribution in [3.05, 3.63) is 78.4 Å². The summed E-state index contributed by atoms with van der Waals surface area (Å²) in [5, 5.41) is 7.01. The van der Waals surface area contributed by atoms with E-state index in [-0.39, 0.29) is 5.91 Å². The highest BCUT2D eigenvalue weighted by Gasteiger charge is 2.12. The fraction of sp³-hybridized carbons (Fsp3) is 0.167. The fourth-order valence-corrected chi connectivity index (χ4v) is 3.24. The number of nitrogens with zero attached hydrogens (tertiary/aromatic N) is 3. The molecule has 0 radical (unpaired) electrons. The number of anilines is 3. The average molecular weight is 413 g/mol. The maximum absolute atomic E-state index is 11.9. The number of nitrogens with one attached hydrogen (secondary N) is 2.